The first kappa shape index (κ1) is 13.0. The van der Waals surface area contributed by atoms with Crippen molar-refractivity contribution in [1.29, 1.82) is 0 Å². The van der Waals surface area contributed by atoms with Gasteiger partial charge >= 0.3 is 0 Å². The van der Waals surface area contributed by atoms with Crippen LogP contribution in [0.2, 0.25) is 0 Å². The third-order valence-electron chi connectivity index (χ3n) is 2.75. The van der Waals surface area contributed by atoms with Gasteiger partial charge in [-0.1, -0.05) is 36.2 Å². The molecule has 0 radical (unpaired) electrons. The summed E-state index contributed by atoms with van der Waals surface area (Å²) in [4.78, 5) is 12.1. The highest BCUT2D eigenvalue weighted by Gasteiger charge is 2.30. The number of halogens is 1. The first-order chi connectivity index (χ1) is 7.15. The minimum absolute atomic E-state index is 0.0422. The molecule has 1 aliphatic rings. The number of carbonyl (C=O) groups is 1. The van der Waals surface area contributed by atoms with E-state index in [1.807, 2.05) is 0 Å². The van der Waals surface area contributed by atoms with Crippen LogP contribution in [0.25, 0.3) is 0 Å². The van der Waals surface area contributed by atoms with Crippen molar-refractivity contribution >= 4 is 21.8 Å². The Balaban J connectivity index is 2.23. The summed E-state index contributed by atoms with van der Waals surface area (Å²) in [5.41, 5.74) is 0. The lowest BCUT2D eigenvalue weighted by Crippen LogP contribution is -2.39. The number of alkyl halides is 1. The topological polar surface area (TPSA) is 38.3 Å². The molecule has 0 spiro atoms. The van der Waals surface area contributed by atoms with E-state index in [1.54, 1.807) is 0 Å². The van der Waals surface area contributed by atoms with Crippen molar-refractivity contribution in [3.05, 3.63) is 0 Å². The summed E-state index contributed by atoms with van der Waals surface area (Å²) in [7, 11) is 0. The summed E-state index contributed by atoms with van der Waals surface area (Å²) in [6.45, 7) is 5.61. The number of hydrogen-bond donors (Lipinski definition) is 1. The van der Waals surface area contributed by atoms with Gasteiger partial charge < -0.3 is 10.1 Å². The molecule has 4 heteroatoms. The van der Waals surface area contributed by atoms with E-state index in [2.05, 4.69) is 35.1 Å². The molecule has 0 aromatic heterocycles. The van der Waals surface area contributed by atoms with Gasteiger partial charge in [0.25, 0.3) is 0 Å². The Morgan fingerprint density at radius 2 is 2.40 bits per heavy atom. The van der Waals surface area contributed by atoms with Gasteiger partial charge in [-0.05, 0) is 18.8 Å². The quantitative estimate of drug-likeness (QED) is 0.782. The summed E-state index contributed by atoms with van der Waals surface area (Å²) in [6, 6.07) is 0. The molecular weight excluding hydrogens is 258 g/mol. The Labute approximate surface area is 100 Å². The fraction of sp³-hybridized carbons (Fsp3) is 0.909. The van der Waals surface area contributed by atoms with Gasteiger partial charge in [0.2, 0.25) is 5.91 Å². The van der Waals surface area contributed by atoms with E-state index in [9.17, 15) is 4.79 Å². The Bertz CT molecular complexity index is 211. The Morgan fingerprint density at radius 1 is 1.67 bits per heavy atom. The molecule has 3 nitrogen and oxygen atoms in total. The smallest absolute Gasteiger partial charge is 0.249 e. The molecule has 1 N–H and O–H groups in total. The molecule has 0 saturated carbocycles. The predicted octanol–water partition coefficient (Wildman–Crippen LogP) is 2.09. The Morgan fingerprint density at radius 3 is 2.93 bits per heavy atom. The van der Waals surface area contributed by atoms with Crippen LogP contribution in [0.3, 0.4) is 0 Å². The van der Waals surface area contributed by atoms with Crippen LogP contribution in [0.15, 0.2) is 0 Å². The molecule has 1 saturated heterocycles. The molecule has 1 fully saturated rings. The maximum absolute atomic E-state index is 11.7. The molecule has 3 unspecified atom stereocenters. The molecule has 1 heterocycles. The van der Waals surface area contributed by atoms with Gasteiger partial charge in [-0.2, -0.15) is 0 Å². The van der Waals surface area contributed by atoms with Crippen molar-refractivity contribution in [2.75, 3.05) is 13.2 Å². The minimum Gasteiger partial charge on any atom is -0.368 e. The highest BCUT2D eigenvalue weighted by atomic mass is 79.9. The van der Waals surface area contributed by atoms with Crippen molar-refractivity contribution in [3.8, 4) is 0 Å². The lowest BCUT2D eigenvalue weighted by atomic mass is 10.0. The average Bonchev–Trinajstić information content (AvgIpc) is 2.61. The molecule has 0 aromatic carbocycles. The molecule has 15 heavy (non-hydrogen) atoms. The SMILES string of the molecule is CCCC(Br)CNC(=O)C1OCCC1C. The van der Waals surface area contributed by atoms with E-state index in [0.29, 0.717) is 23.9 Å². The molecule has 3 atom stereocenters. The number of ether oxygens (including phenoxy) is 1. The van der Waals surface area contributed by atoms with E-state index in [0.717, 1.165) is 19.3 Å². The van der Waals surface area contributed by atoms with Crippen LogP contribution >= 0.6 is 15.9 Å². The van der Waals surface area contributed by atoms with Crippen LogP contribution in [0.4, 0.5) is 0 Å². The van der Waals surface area contributed by atoms with Crippen LogP contribution in [0, 0.1) is 5.92 Å². The zero-order chi connectivity index (χ0) is 11.3. The van der Waals surface area contributed by atoms with E-state index in [-0.39, 0.29) is 12.0 Å². The van der Waals surface area contributed by atoms with Crippen molar-refractivity contribution in [2.24, 2.45) is 5.92 Å². The normalized spacial score (nSPS) is 27.7. The summed E-state index contributed by atoms with van der Waals surface area (Å²) in [5.74, 6) is 0.394. The second-order valence-electron chi connectivity index (χ2n) is 4.19. The van der Waals surface area contributed by atoms with Gasteiger partial charge in [0, 0.05) is 18.0 Å². The molecular formula is C11H20BrNO2. The molecule has 88 valence electrons. The molecule has 0 aliphatic carbocycles. The molecule has 0 bridgehead atoms. The first-order valence-electron chi connectivity index (χ1n) is 5.68. The Hall–Kier alpha value is -0.0900. The lowest BCUT2D eigenvalue weighted by Gasteiger charge is -2.16. The van der Waals surface area contributed by atoms with Gasteiger partial charge in [-0.3, -0.25) is 4.79 Å². The van der Waals surface area contributed by atoms with Gasteiger partial charge in [-0.25, -0.2) is 0 Å². The lowest BCUT2D eigenvalue weighted by molar-refractivity contribution is -0.131. The van der Waals surface area contributed by atoms with Crippen LogP contribution in [-0.2, 0) is 9.53 Å². The minimum atomic E-state index is -0.230. The third-order valence-corrected chi connectivity index (χ3v) is 3.53. The average molecular weight is 278 g/mol. The fourth-order valence-electron chi connectivity index (χ4n) is 1.76. The van der Waals surface area contributed by atoms with Crippen molar-refractivity contribution in [3.63, 3.8) is 0 Å². The van der Waals surface area contributed by atoms with E-state index >= 15 is 0 Å². The second kappa shape index (κ2) is 6.48. The number of hydrogen-bond acceptors (Lipinski definition) is 2. The van der Waals surface area contributed by atoms with Gasteiger partial charge in [0.05, 0.1) is 0 Å². The summed E-state index contributed by atoms with van der Waals surface area (Å²) >= 11 is 3.53. The second-order valence-corrected chi connectivity index (χ2v) is 5.48. The zero-order valence-corrected chi connectivity index (χ0v) is 11.0. The molecule has 0 aromatic rings. The highest BCUT2D eigenvalue weighted by molar-refractivity contribution is 9.09. The van der Waals surface area contributed by atoms with E-state index < -0.39 is 0 Å². The van der Waals surface area contributed by atoms with E-state index in [1.165, 1.54) is 0 Å². The number of amides is 1. The summed E-state index contributed by atoms with van der Waals surface area (Å²) in [5, 5.41) is 2.93. The van der Waals surface area contributed by atoms with Gasteiger partial charge in [0.15, 0.2) is 0 Å². The molecule has 1 aliphatic heterocycles. The molecule has 1 rings (SSSR count). The molecule has 1 amide bonds. The summed E-state index contributed by atoms with van der Waals surface area (Å²) < 4.78 is 5.39. The highest BCUT2D eigenvalue weighted by Crippen LogP contribution is 2.20. The Kier molecular flexibility index (Phi) is 5.61. The summed E-state index contributed by atoms with van der Waals surface area (Å²) in [6.07, 6.45) is 2.97. The predicted molar refractivity (Wildman–Crippen MR) is 64.2 cm³/mol. The van der Waals surface area contributed by atoms with Gasteiger partial charge in [0.1, 0.15) is 6.10 Å². The number of carbonyl (C=O) groups excluding carboxylic acids is 1. The van der Waals surface area contributed by atoms with Crippen molar-refractivity contribution in [2.45, 2.75) is 44.0 Å². The van der Waals surface area contributed by atoms with Crippen LogP contribution in [0.1, 0.15) is 33.1 Å². The number of rotatable bonds is 5. The standard InChI is InChI=1S/C11H20BrNO2/c1-3-4-9(12)7-13-11(14)10-8(2)5-6-15-10/h8-10H,3-7H2,1-2H3,(H,13,14). The van der Waals surface area contributed by atoms with Gasteiger partial charge in [-0.15, -0.1) is 0 Å². The van der Waals surface area contributed by atoms with Crippen molar-refractivity contribution in [1.82, 2.24) is 5.32 Å². The fourth-order valence-corrected chi connectivity index (χ4v) is 2.38. The van der Waals surface area contributed by atoms with Crippen molar-refractivity contribution < 1.29 is 9.53 Å². The zero-order valence-electron chi connectivity index (χ0n) is 9.46. The maximum atomic E-state index is 11.7. The van der Waals surface area contributed by atoms with E-state index in [4.69, 9.17) is 4.74 Å². The maximum Gasteiger partial charge on any atom is 0.249 e. The largest absolute Gasteiger partial charge is 0.368 e. The monoisotopic (exact) mass is 277 g/mol. The third kappa shape index (κ3) is 4.11. The number of nitrogens with one attached hydrogen (secondary N) is 1. The van der Waals surface area contributed by atoms with Crippen LogP contribution < -0.4 is 5.32 Å². The van der Waals surface area contributed by atoms with Crippen LogP contribution in [0.5, 0.6) is 0 Å². The van der Waals surface area contributed by atoms with Crippen LogP contribution in [-0.4, -0.2) is 30.0 Å². The first-order valence-corrected chi connectivity index (χ1v) is 6.60.